The fourth-order valence-electron chi connectivity index (χ4n) is 1.40. The van der Waals surface area contributed by atoms with Gasteiger partial charge in [0.15, 0.2) is 0 Å². The van der Waals surface area contributed by atoms with E-state index >= 15 is 0 Å². The molecular weight excluding hydrogens is 186 g/mol. The molecule has 0 aromatic heterocycles. The third-order valence-electron chi connectivity index (χ3n) is 2.33. The Kier molecular flexibility index (Phi) is 4.28. The number of nitrogens with one attached hydrogen (secondary N) is 1. The number of hydrogen-bond acceptors (Lipinski definition) is 5. The van der Waals surface area contributed by atoms with Gasteiger partial charge in [0.2, 0.25) is 0 Å². The molecule has 4 atom stereocenters. The van der Waals surface area contributed by atoms with Gasteiger partial charge < -0.3 is 25.4 Å². The van der Waals surface area contributed by atoms with Crippen LogP contribution < -0.4 is 5.32 Å². The zero-order valence-corrected chi connectivity index (χ0v) is 8.55. The molecule has 1 heterocycles. The summed E-state index contributed by atoms with van der Waals surface area (Å²) in [5.74, 6) is 0. The van der Waals surface area contributed by atoms with E-state index in [0.29, 0.717) is 12.6 Å². The lowest BCUT2D eigenvalue weighted by Crippen LogP contribution is -2.56. The zero-order valence-electron chi connectivity index (χ0n) is 8.55. The maximum Gasteiger partial charge on any atom is 0.111 e. The molecular formula is C9H19NO4. The Labute approximate surface area is 83.7 Å². The standard InChI is InChI=1S/C9H19NO4/c1-5(2)10-3-7-9(13)8(12)6(11)4-14-7/h5-13H,3-4H2,1-2H3/t6-,7+,8+,9+/m0/s1. The SMILES string of the molecule is CC(C)NC[C@H]1OC[C@H](O)[C@@H](O)[C@@H]1O. The number of aliphatic hydroxyl groups excluding tert-OH is 3. The van der Waals surface area contributed by atoms with E-state index in [2.05, 4.69) is 5.32 Å². The van der Waals surface area contributed by atoms with Crippen molar-refractivity contribution in [2.45, 2.75) is 44.3 Å². The summed E-state index contributed by atoms with van der Waals surface area (Å²) < 4.78 is 5.20. The Balaban J connectivity index is 2.39. The summed E-state index contributed by atoms with van der Waals surface area (Å²) in [7, 11) is 0. The molecule has 1 aliphatic heterocycles. The van der Waals surface area contributed by atoms with Crippen LogP contribution in [0.2, 0.25) is 0 Å². The lowest BCUT2D eigenvalue weighted by molar-refractivity contribution is -0.185. The molecule has 0 bridgehead atoms. The highest BCUT2D eigenvalue weighted by Crippen LogP contribution is 2.14. The van der Waals surface area contributed by atoms with Crippen molar-refractivity contribution in [1.29, 1.82) is 0 Å². The largest absolute Gasteiger partial charge is 0.388 e. The molecule has 0 saturated carbocycles. The van der Waals surface area contributed by atoms with Crippen LogP contribution in [0, 0.1) is 0 Å². The molecule has 4 N–H and O–H groups in total. The van der Waals surface area contributed by atoms with Crippen LogP contribution in [0.4, 0.5) is 0 Å². The van der Waals surface area contributed by atoms with Gasteiger partial charge >= 0.3 is 0 Å². The van der Waals surface area contributed by atoms with Crippen molar-refractivity contribution in [3.05, 3.63) is 0 Å². The van der Waals surface area contributed by atoms with Crippen molar-refractivity contribution in [1.82, 2.24) is 5.32 Å². The maximum absolute atomic E-state index is 9.55. The molecule has 0 spiro atoms. The van der Waals surface area contributed by atoms with E-state index in [1.54, 1.807) is 0 Å². The third-order valence-corrected chi connectivity index (χ3v) is 2.33. The van der Waals surface area contributed by atoms with E-state index in [-0.39, 0.29) is 6.61 Å². The van der Waals surface area contributed by atoms with Crippen LogP contribution in [0.15, 0.2) is 0 Å². The predicted molar refractivity (Wildman–Crippen MR) is 50.9 cm³/mol. The lowest BCUT2D eigenvalue weighted by atomic mass is 10.00. The van der Waals surface area contributed by atoms with Gasteiger partial charge in [-0.3, -0.25) is 0 Å². The molecule has 1 saturated heterocycles. The third kappa shape index (κ3) is 2.90. The molecule has 0 aromatic rings. The second-order valence-corrected chi connectivity index (χ2v) is 3.98. The summed E-state index contributed by atoms with van der Waals surface area (Å²) in [4.78, 5) is 0. The average Bonchev–Trinajstić information content (AvgIpc) is 2.13. The Morgan fingerprint density at radius 1 is 1.29 bits per heavy atom. The highest BCUT2D eigenvalue weighted by molar-refractivity contribution is 4.87. The molecule has 5 heteroatoms. The molecule has 0 amide bonds. The maximum atomic E-state index is 9.55. The van der Waals surface area contributed by atoms with Gasteiger partial charge in [-0.1, -0.05) is 13.8 Å². The van der Waals surface area contributed by atoms with Crippen molar-refractivity contribution in [2.75, 3.05) is 13.2 Å². The summed E-state index contributed by atoms with van der Waals surface area (Å²) in [5.41, 5.74) is 0. The predicted octanol–water partition coefficient (Wildman–Crippen LogP) is -1.53. The molecule has 14 heavy (non-hydrogen) atoms. The fraction of sp³-hybridized carbons (Fsp3) is 1.00. The molecule has 1 rings (SSSR count). The Morgan fingerprint density at radius 3 is 2.50 bits per heavy atom. The minimum atomic E-state index is -1.11. The normalized spacial score (nSPS) is 39.0. The summed E-state index contributed by atoms with van der Waals surface area (Å²) in [6.07, 6.45) is -3.57. The Morgan fingerprint density at radius 2 is 1.93 bits per heavy atom. The molecule has 5 nitrogen and oxygen atoms in total. The van der Waals surface area contributed by atoms with Gasteiger partial charge in [-0.25, -0.2) is 0 Å². The van der Waals surface area contributed by atoms with Crippen molar-refractivity contribution in [2.24, 2.45) is 0 Å². The number of hydrogen-bond donors (Lipinski definition) is 4. The molecule has 1 aliphatic rings. The van der Waals surface area contributed by atoms with Crippen LogP contribution in [0.5, 0.6) is 0 Å². The van der Waals surface area contributed by atoms with Gasteiger partial charge in [0.05, 0.1) is 12.7 Å². The number of rotatable bonds is 3. The summed E-state index contributed by atoms with van der Waals surface area (Å²) >= 11 is 0. The monoisotopic (exact) mass is 205 g/mol. The number of ether oxygens (including phenoxy) is 1. The first kappa shape index (κ1) is 11.9. The highest BCUT2D eigenvalue weighted by Gasteiger charge is 2.37. The van der Waals surface area contributed by atoms with Crippen molar-refractivity contribution in [3.8, 4) is 0 Å². The minimum Gasteiger partial charge on any atom is -0.388 e. The van der Waals surface area contributed by atoms with E-state index in [1.807, 2.05) is 13.8 Å². The smallest absolute Gasteiger partial charge is 0.111 e. The van der Waals surface area contributed by atoms with E-state index in [4.69, 9.17) is 4.74 Å². The van der Waals surface area contributed by atoms with Crippen LogP contribution in [-0.2, 0) is 4.74 Å². The molecule has 1 fully saturated rings. The zero-order chi connectivity index (χ0) is 10.7. The first-order valence-electron chi connectivity index (χ1n) is 4.91. The second kappa shape index (κ2) is 5.04. The fourth-order valence-corrected chi connectivity index (χ4v) is 1.40. The van der Waals surface area contributed by atoms with Crippen molar-refractivity contribution < 1.29 is 20.1 Å². The number of aliphatic hydroxyl groups is 3. The van der Waals surface area contributed by atoms with Crippen LogP contribution in [0.3, 0.4) is 0 Å². The van der Waals surface area contributed by atoms with Gasteiger partial charge in [0.1, 0.15) is 18.3 Å². The summed E-state index contributed by atoms with van der Waals surface area (Å²) in [6, 6.07) is 0.301. The van der Waals surface area contributed by atoms with Gasteiger partial charge in [-0.05, 0) is 0 Å². The van der Waals surface area contributed by atoms with Crippen molar-refractivity contribution >= 4 is 0 Å². The van der Waals surface area contributed by atoms with E-state index < -0.39 is 24.4 Å². The van der Waals surface area contributed by atoms with Crippen LogP contribution in [-0.4, -0.2) is 58.9 Å². The summed E-state index contributed by atoms with van der Waals surface area (Å²) in [5, 5.41) is 31.2. The Bertz CT molecular complexity index is 176. The van der Waals surface area contributed by atoms with Gasteiger partial charge in [-0.2, -0.15) is 0 Å². The topological polar surface area (TPSA) is 82.0 Å². The van der Waals surface area contributed by atoms with Gasteiger partial charge in [-0.15, -0.1) is 0 Å². The minimum absolute atomic E-state index is 0.0721. The first-order chi connectivity index (χ1) is 6.52. The van der Waals surface area contributed by atoms with Crippen molar-refractivity contribution in [3.63, 3.8) is 0 Å². The second-order valence-electron chi connectivity index (χ2n) is 3.98. The molecule has 0 radical (unpaired) electrons. The highest BCUT2D eigenvalue weighted by atomic mass is 16.5. The first-order valence-corrected chi connectivity index (χ1v) is 4.91. The van der Waals surface area contributed by atoms with Crippen LogP contribution >= 0.6 is 0 Å². The van der Waals surface area contributed by atoms with Crippen LogP contribution in [0.1, 0.15) is 13.8 Å². The summed E-state index contributed by atoms with van der Waals surface area (Å²) in [6.45, 7) is 4.52. The quantitative estimate of drug-likeness (QED) is 0.449. The Hall–Kier alpha value is -0.200. The molecule has 0 unspecified atom stereocenters. The van der Waals surface area contributed by atoms with Gasteiger partial charge in [0, 0.05) is 12.6 Å². The molecule has 0 aliphatic carbocycles. The van der Waals surface area contributed by atoms with Gasteiger partial charge in [0.25, 0.3) is 0 Å². The van der Waals surface area contributed by atoms with E-state index in [0.717, 1.165) is 0 Å². The van der Waals surface area contributed by atoms with Crippen LogP contribution in [0.25, 0.3) is 0 Å². The molecule has 0 aromatic carbocycles. The average molecular weight is 205 g/mol. The van der Waals surface area contributed by atoms with E-state index in [9.17, 15) is 15.3 Å². The van der Waals surface area contributed by atoms with E-state index in [1.165, 1.54) is 0 Å². The lowest BCUT2D eigenvalue weighted by Gasteiger charge is -2.35. The molecule has 84 valence electrons.